The van der Waals surface area contributed by atoms with Crippen LogP contribution in [0.1, 0.15) is 19.4 Å². The summed E-state index contributed by atoms with van der Waals surface area (Å²) in [6.07, 6.45) is 0.136. The molecule has 0 bridgehead atoms. The van der Waals surface area contributed by atoms with Crippen LogP contribution in [0.3, 0.4) is 0 Å². The van der Waals surface area contributed by atoms with Crippen LogP contribution in [0.15, 0.2) is 16.6 Å². The summed E-state index contributed by atoms with van der Waals surface area (Å²) in [5, 5.41) is 3.37. The summed E-state index contributed by atoms with van der Waals surface area (Å²) >= 11 is 3.64. The number of ether oxygens (including phenoxy) is 2. The van der Waals surface area contributed by atoms with Crippen LogP contribution in [0.4, 0.5) is 0 Å². The maximum atomic E-state index is 5.84. The van der Waals surface area contributed by atoms with Crippen molar-refractivity contribution >= 4 is 15.9 Å². The summed E-state index contributed by atoms with van der Waals surface area (Å²) in [5.41, 5.74) is 1.24. The van der Waals surface area contributed by atoms with Crippen molar-refractivity contribution in [1.29, 1.82) is 0 Å². The summed E-state index contributed by atoms with van der Waals surface area (Å²) in [6, 6.07) is 4.08. The Morgan fingerprint density at radius 1 is 1.25 bits per heavy atom. The first kappa shape index (κ1) is 15.6. The molecule has 5 heteroatoms. The van der Waals surface area contributed by atoms with E-state index in [1.54, 1.807) is 7.11 Å². The molecular weight excluding hydrogens is 320 g/mol. The Kier molecular flexibility index (Phi) is 5.69. The molecular formula is C15H23BrN2O2. The minimum atomic E-state index is 0.136. The lowest BCUT2D eigenvalue weighted by Crippen LogP contribution is -2.42. The van der Waals surface area contributed by atoms with Gasteiger partial charge in [0.1, 0.15) is 0 Å². The topological polar surface area (TPSA) is 33.7 Å². The number of nitrogens with zero attached hydrogens (tertiary/aromatic N) is 1. The Balaban J connectivity index is 2.18. The lowest BCUT2D eigenvalue weighted by atomic mass is 10.1. The van der Waals surface area contributed by atoms with E-state index in [0.29, 0.717) is 0 Å². The number of piperazine rings is 1. The van der Waals surface area contributed by atoms with E-state index in [1.807, 2.05) is 19.9 Å². The molecule has 1 aliphatic rings. The number of benzene rings is 1. The van der Waals surface area contributed by atoms with E-state index in [9.17, 15) is 0 Å². The van der Waals surface area contributed by atoms with Gasteiger partial charge in [0.15, 0.2) is 11.5 Å². The Hall–Kier alpha value is -0.780. The first-order chi connectivity index (χ1) is 9.60. The van der Waals surface area contributed by atoms with Crippen LogP contribution in [0.25, 0.3) is 0 Å². The molecule has 1 saturated heterocycles. The van der Waals surface area contributed by atoms with E-state index in [1.165, 1.54) is 5.56 Å². The fraction of sp³-hybridized carbons (Fsp3) is 0.600. The zero-order chi connectivity index (χ0) is 14.5. The fourth-order valence-corrected chi connectivity index (χ4v) is 2.76. The van der Waals surface area contributed by atoms with Gasteiger partial charge in [-0.25, -0.2) is 0 Å². The maximum Gasteiger partial charge on any atom is 0.161 e. The highest BCUT2D eigenvalue weighted by Gasteiger charge is 2.15. The van der Waals surface area contributed by atoms with Crippen LogP contribution in [-0.4, -0.2) is 44.3 Å². The van der Waals surface area contributed by atoms with Gasteiger partial charge in [-0.05, 0) is 31.5 Å². The third-order valence-electron chi connectivity index (χ3n) is 3.30. The molecule has 0 aromatic heterocycles. The molecule has 1 aromatic rings. The van der Waals surface area contributed by atoms with Crippen molar-refractivity contribution < 1.29 is 9.47 Å². The Bertz CT molecular complexity index is 446. The standard InChI is InChI=1S/C15H23BrN2O2/c1-11(2)20-15-8-12(13(16)9-14(15)19-3)10-18-6-4-17-5-7-18/h8-9,11,17H,4-7,10H2,1-3H3. The van der Waals surface area contributed by atoms with Crippen LogP contribution in [0.5, 0.6) is 11.5 Å². The normalized spacial score (nSPS) is 16.4. The average molecular weight is 343 g/mol. The summed E-state index contributed by atoms with van der Waals surface area (Å²) in [7, 11) is 1.67. The molecule has 1 aromatic carbocycles. The third kappa shape index (κ3) is 4.11. The summed E-state index contributed by atoms with van der Waals surface area (Å²) in [5.74, 6) is 1.59. The fourth-order valence-electron chi connectivity index (χ4n) is 2.31. The molecule has 0 aliphatic carbocycles. The van der Waals surface area contributed by atoms with Crippen molar-refractivity contribution in [2.45, 2.75) is 26.5 Å². The number of rotatable bonds is 5. The summed E-state index contributed by atoms with van der Waals surface area (Å²) in [4.78, 5) is 2.45. The van der Waals surface area contributed by atoms with Gasteiger partial charge in [-0.15, -0.1) is 0 Å². The van der Waals surface area contributed by atoms with E-state index in [4.69, 9.17) is 9.47 Å². The molecule has 0 unspecified atom stereocenters. The highest BCUT2D eigenvalue weighted by Crippen LogP contribution is 2.34. The molecule has 4 nitrogen and oxygen atoms in total. The second-order valence-corrected chi connectivity index (χ2v) is 6.14. The quantitative estimate of drug-likeness (QED) is 0.891. The maximum absolute atomic E-state index is 5.84. The van der Waals surface area contributed by atoms with Gasteiger partial charge in [0.25, 0.3) is 0 Å². The Morgan fingerprint density at radius 3 is 2.55 bits per heavy atom. The van der Waals surface area contributed by atoms with Crippen LogP contribution in [0.2, 0.25) is 0 Å². The SMILES string of the molecule is COc1cc(Br)c(CN2CCNCC2)cc1OC(C)C. The molecule has 0 atom stereocenters. The Labute approximate surface area is 129 Å². The molecule has 0 radical (unpaired) electrons. The van der Waals surface area contributed by atoms with Gasteiger partial charge in [0.2, 0.25) is 0 Å². The van der Waals surface area contributed by atoms with Crippen molar-refractivity contribution in [2.75, 3.05) is 33.3 Å². The minimum absolute atomic E-state index is 0.136. The van der Waals surface area contributed by atoms with E-state index < -0.39 is 0 Å². The smallest absolute Gasteiger partial charge is 0.161 e. The lowest BCUT2D eigenvalue weighted by molar-refractivity contribution is 0.223. The monoisotopic (exact) mass is 342 g/mol. The van der Waals surface area contributed by atoms with Gasteiger partial charge in [-0.2, -0.15) is 0 Å². The largest absolute Gasteiger partial charge is 0.493 e. The van der Waals surface area contributed by atoms with E-state index in [2.05, 4.69) is 32.2 Å². The average Bonchev–Trinajstić information content (AvgIpc) is 2.42. The highest BCUT2D eigenvalue weighted by atomic mass is 79.9. The second kappa shape index (κ2) is 7.29. The number of halogens is 1. The first-order valence-electron chi connectivity index (χ1n) is 7.06. The third-order valence-corrected chi connectivity index (χ3v) is 4.04. The van der Waals surface area contributed by atoms with Gasteiger partial charge in [-0.1, -0.05) is 15.9 Å². The number of hydrogen-bond acceptors (Lipinski definition) is 4. The van der Waals surface area contributed by atoms with Crippen molar-refractivity contribution in [3.8, 4) is 11.5 Å². The van der Waals surface area contributed by atoms with Gasteiger partial charge >= 0.3 is 0 Å². The van der Waals surface area contributed by atoms with Crippen LogP contribution >= 0.6 is 15.9 Å². The molecule has 0 saturated carbocycles. The molecule has 1 fully saturated rings. The van der Waals surface area contributed by atoms with Crippen LogP contribution in [-0.2, 0) is 6.54 Å². The molecule has 1 N–H and O–H groups in total. The predicted octanol–water partition coefficient (Wildman–Crippen LogP) is 2.65. The molecule has 0 amide bonds. The highest BCUT2D eigenvalue weighted by molar-refractivity contribution is 9.10. The number of methoxy groups -OCH3 is 1. The van der Waals surface area contributed by atoms with Crippen molar-refractivity contribution in [3.05, 3.63) is 22.2 Å². The zero-order valence-corrected chi connectivity index (χ0v) is 14.0. The summed E-state index contributed by atoms with van der Waals surface area (Å²) in [6.45, 7) is 9.26. The number of hydrogen-bond donors (Lipinski definition) is 1. The molecule has 112 valence electrons. The van der Waals surface area contributed by atoms with E-state index in [-0.39, 0.29) is 6.10 Å². The van der Waals surface area contributed by atoms with Gasteiger partial charge in [0, 0.05) is 37.2 Å². The van der Waals surface area contributed by atoms with Crippen molar-refractivity contribution in [2.24, 2.45) is 0 Å². The molecule has 1 heterocycles. The minimum Gasteiger partial charge on any atom is -0.493 e. The Morgan fingerprint density at radius 2 is 1.95 bits per heavy atom. The van der Waals surface area contributed by atoms with Gasteiger partial charge in [-0.3, -0.25) is 4.90 Å². The van der Waals surface area contributed by atoms with Crippen LogP contribution < -0.4 is 14.8 Å². The predicted molar refractivity (Wildman–Crippen MR) is 84.6 cm³/mol. The molecule has 2 rings (SSSR count). The van der Waals surface area contributed by atoms with Gasteiger partial charge < -0.3 is 14.8 Å². The molecule has 0 spiro atoms. The van der Waals surface area contributed by atoms with E-state index in [0.717, 1.165) is 48.7 Å². The second-order valence-electron chi connectivity index (χ2n) is 5.29. The molecule has 1 aliphatic heterocycles. The van der Waals surface area contributed by atoms with Crippen molar-refractivity contribution in [3.63, 3.8) is 0 Å². The molecule has 20 heavy (non-hydrogen) atoms. The van der Waals surface area contributed by atoms with Crippen molar-refractivity contribution in [1.82, 2.24) is 10.2 Å². The first-order valence-corrected chi connectivity index (χ1v) is 7.85. The lowest BCUT2D eigenvalue weighted by Gasteiger charge is -2.28. The van der Waals surface area contributed by atoms with Gasteiger partial charge in [0.05, 0.1) is 13.2 Å². The zero-order valence-electron chi connectivity index (χ0n) is 12.4. The summed E-state index contributed by atoms with van der Waals surface area (Å²) < 4.78 is 12.3. The van der Waals surface area contributed by atoms with E-state index >= 15 is 0 Å². The number of nitrogens with one attached hydrogen (secondary N) is 1. The van der Waals surface area contributed by atoms with Crippen LogP contribution in [0, 0.1) is 0 Å².